The molecule has 0 aromatic rings. The first kappa shape index (κ1) is 17.0. The van der Waals surface area contributed by atoms with Crippen molar-refractivity contribution in [3.05, 3.63) is 0 Å². The maximum absolute atomic E-state index is 12.3. The number of rotatable bonds is 5. The number of hydrogen-bond donors (Lipinski definition) is 1. The molecule has 0 aliphatic carbocycles. The molecule has 0 bridgehead atoms. The van der Waals surface area contributed by atoms with Gasteiger partial charge in [-0.2, -0.15) is 0 Å². The summed E-state index contributed by atoms with van der Waals surface area (Å²) < 4.78 is 0. The van der Waals surface area contributed by atoms with Gasteiger partial charge in [0.15, 0.2) is 0 Å². The summed E-state index contributed by atoms with van der Waals surface area (Å²) in [6, 6.07) is 2.24. The first-order valence-electron chi connectivity index (χ1n) is 7.20. The molecule has 0 aromatic carbocycles. The van der Waals surface area contributed by atoms with E-state index in [9.17, 15) is 14.4 Å². The Morgan fingerprint density at radius 3 is 2.38 bits per heavy atom. The zero-order valence-corrected chi connectivity index (χ0v) is 12.9. The van der Waals surface area contributed by atoms with Crippen LogP contribution in [0.1, 0.15) is 46.5 Å². The molecule has 1 aliphatic rings. The molecule has 0 atom stereocenters. The number of carbonyl (C=O) groups excluding carboxylic acids is 3. The molecule has 21 heavy (non-hydrogen) atoms. The molecular weight excluding hydrogens is 270 g/mol. The van der Waals surface area contributed by atoms with Crippen molar-refractivity contribution >= 4 is 17.6 Å². The van der Waals surface area contributed by atoms with E-state index in [4.69, 9.17) is 5.73 Å². The smallest absolute Gasteiger partial charge is 0.309 e. The zero-order chi connectivity index (χ0) is 16.0. The highest BCUT2D eigenvalue weighted by Gasteiger charge is 2.39. The molecule has 2 amide bonds. The second-order valence-corrected chi connectivity index (χ2v) is 5.69. The minimum Gasteiger partial charge on any atom is -0.359 e. The number of ketones is 1. The van der Waals surface area contributed by atoms with E-state index in [0.717, 1.165) is 0 Å². The normalized spacial score (nSPS) is 14.6. The van der Waals surface area contributed by atoms with Crippen LogP contribution in [0.25, 0.3) is 0 Å². The van der Waals surface area contributed by atoms with Gasteiger partial charge in [0, 0.05) is 37.4 Å². The van der Waals surface area contributed by atoms with Gasteiger partial charge in [-0.25, -0.2) is 5.01 Å². The Balaban J connectivity index is 2.76. The fourth-order valence-electron chi connectivity index (χ4n) is 2.02. The Bertz CT molecular complexity index is 488. The van der Waals surface area contributed by atoms with Crippen LogP contribution in [0.4, 0.5) is 0 Å². The highest BCUT2D eigenvalue weighted by molar-refractivity contribution is 6.38. The first-order chi connectivity index (χ1) is 9.85. The summed E-state index contributed by atoms with van der Waals surface area (Å²) in [6.07, 6.45) is 1.80. The van der Waals surface area contributed by atoms with Gasteiger partial charge in [-0.15, -0.1) is 0 Å². The molecule has 0 spiro atoms. The van der Waals surface area contributed by atoms with Crippen LogP contribution >= 0.6 is 0 Å². The first-order valence-corrected chi connectivity index (χ1v) is 7.20. The number of hydrazine groups is 1. The quantitative estimate of drug-likeness (QED) is 0.459. The molecule has 1 rings (SSSR count). The predicted molar refractivity (Wildman–Crippen MR) is 78.3 cm³/mol. The van der Waals surface area contributed by atoms with Crippen LogP contribution in [0.5, 0.6) is 0 Å². The molecule has 116 valence electrons. The third-order valence-electron chi connectivity index (χ3n) is 3.81. The Hall–Kier alpha value is -2.03. The summed E-state index contributed by atoms with van der Waals surface area (Å²) in [5.74, 6) is 1.36. The maximum atomic E-state index is 12.3. The lowest BCUT2D eigenvalue weighted by molar-refractivity contribution is -0.164. The van der Waals surface area contributed by atoms with Crippen molar-refractivity contribution in [2.24, 2.45) is 11.1 Å². The monoisotopic (exact) mass is 293 g/mol. The molecule has 6 nitrogen and oxygen atoms in total. The van der Waals surface area contributed by atoms with Crippen LogP contribution in [-0.4, -0.2) is 40.7 Å². The molecule has 0 saturated carbocycles. The van der Waals surface area contributed by atoms with Gasteiger partial charge in [0.1, 0.15) is 0 Å². The largest absolute Gasteiger partial charge is 0.359 e. The summed E-state index contributed by atoms with van der Waals surface area (Å²) in [5, 5.41) is 2.64. The Morgan fingerprint density at radius 2 is 1.81 bits per heavy atom. The summed E-state index contributed by atoms with van der Waals surface area (Å²) in [5.41, 5.74) is 4.34. The molecule has 1 fully saturated rings. The highest BCUT2D eigenvalue weighted by Crippen LogP contribution is 2.24. The lowest BCUT2D eigenvalue weighted by Crippen LogP contribution is -2.50. The van der Waals surface area contributed by atoms with Gasteiger partial charge in [0.25, 0.3) is 0 Å². The van der Waals surface area contributed by atoms with Crippen LogP contribution in [0.2, 0.25) is 0 Å². The van der Waals surface area contributed by atoms with Crippen molar-refractivity contribution in [2.45, 2.75) is 46.5 Å². The van der Waals surface area contributed by atoms with Crippen LogP contribution in [0.15, 0.2) is 0 Å². The zero-order valence-electron chi connectivity index (χ0n) is 12.9. The van der Waals surface area contributed by atoms with Crippen LogP contribution < -0.4 is 5.73 Å². The lowest BCUT2D eigenvalue weighted by atomic mass is 9.85. The number of nitrogens with two attached hydrogens (primary N) is 1. The van der Waals surface area contributed by atoms with Gasteiger partial charge in [-0.1, -0.05) is 26.7 Å². The fraction of sp³-hybridized carbons (Fsp3) is 0.667. The second-order valence-electron chi connectivity index (χ2n) is 5.69. The van der Waals surface area contributed by atoms with Gasteiger partial charge in [0.2, 0.25) is 11.7 Å². The van der Waals surface area contributed by atoms with E-state index >= 15 is 0 Å². The Kier molecular flexibility index (Phi) is 5.77. The Morgan fingerprint density at radius 1 is 1.19 bits per heavy atom. The van der Waals surface area contributed by atoms with E-state index in [2.05, 4.69) is 12.0 Å². The topological polar surface area (TPSA) is 83.7 Å². The molecule has 0 unspecified atom stereocenters. The third kappa shape index (κ3) is 3.97. The number of Topliss-reactive ketones (excluding diaryl/α,β-unsaturated/α-hetero) is 1. The molecule has 2 N–H and O–H groups in total. The van der Waals surface area contributed by atoms with E-state index in [1.807, 2.05) is 6.92 Å². The minimum atomic E-state index is -0.709. The summed E-state index contributed by atoms with van der Waals surface area (Å²) in [6.45, 7) is 6.21. The van der Waals surface area contributed by atoms with Gasteiger partial charge >= 0.3 is 5.91 Å². The number of carbonyl (C=O) groups is 3. The average Bonchev–Trinajstić information content (AvgIpc) is 2.95. The SMILES string of the molecule is CCC(C)(C)C(=O)C(=O)N1CCCN1C(=O)CCC#CN. The third-order valence-corrected chi connectivity index (χ3v) is 3.81. The minimum absolute atomic E-state index is 0.194. The lowest BCUT2D eigenvalue weighted by Gasteiger charge is -2.30. The fourth-order valence-corrected chi connectivity index (χ4v) is 2.02. The molecule has 1 saturated heterocycles. The van der Waals surface area contributed by atoms with Gasteiger partial charge in [0.05, 0.1) is 0 Å². The van der Waals surface area contributed by atoms with Crippen molar-refractivity contribution in [3.63, 3.8) is 0 Å². The van der Waals surface area contributed by atoms with E-state index in [0.29, 0.717) is 32.4 Å². The van der Waals surface area contributed by atoms with Gasteiger partial charge < -0.3 is 5.73 Å². The van der Waals surface area contributed by atoms with E-state index in [1.165, 1.54) is 10.0 Å². The summed E-state index contributed by atoms with van der Waals surface area (Å²) in [4.78, 5) is 36.7. The van der Waals surface area contributed by atoms with Crippen LogP contribution in [0, 0.1) is 17.4 Å². The molecule has 1 heterocycles. The number of nitrogens with zero attached hydrogens (tertiary/aromatic N) is 2. The molecule has 0 radical (unpaired) electrons. The predicted octanol–water partition coefficient (Wildman–Crippen LogP) is 0.667. The highest BCUT2D eigenvalue weighted by atomic mass is 16.2. The molecule has 0 aromatic heterocycles. The summed E-state index contributed by atoms with van der Waals surface area (Å²) in [7, 11) is 0. The standard InChI is InChI=1S/C15H23N3O3/c1-4-15(2,3)13(20)14(21)18-11-7-10-17(18)12(19)8-5-6-9-16/h4-5,7-8,10-11,16H2,1-3H3. The van der Waals surface area contributed by atoms with Crippen LogP contribution in [-0.2, 0) is 14.4 Å². The van der Waals surface area contributed by atoms with E-state index < -0.39 is 17.1 Å². The van der Waals surface area contributed by atoms with Crippen molar-refractivity contribution in [2.75, 3.05) is 13.1 Å². The van der Waals surface area contributed by atoms with Gasteiger partial charge in [-0.05, 0) is 12.8 Å². The van der Waals surface area contributed by atoms with Crippen LogP contribution in [0.3, 0.4) is 0 Å². The average molecular weight is 293 g/mol. The van der Waals surface area contributed by atoms with Gasteiger partial charge in [-0.3, -0.25) is 19.4 Å². The van der Waals surface area contributed by atoms with Crippen molar-refractivity contribution in [1.29, 1.82) is 0 Å². The van der Waals surface area contributed by atoms with E-state index in [1.54, 1.807) is 13.8 Å². The van der Waals surface area contributed by atoms with Crippen molar-refractivity contribution in [3.8, 4) is 12.0 Å². The van der Waals surface area contributed by atoms with Crippen molar-refractivity contribution < 1.29 is 14.4 Å². The maximum Gasteiger partial charge on any atom is 0.309 e. The molecular formula is C15H23N3O3. The number of amides is 2. The Labute approximate surface area is 125 Å². The second kappa shape index (κ2) is 7.11. The van der Waals surface area contributed by atoms with Crippen molar-refractivity contribution in [1.82, 2.24) is 10.0 Å². The molecule has 1 aliphatic heterocycles. The summed E-state index contributed by atoms with van der Waals surface area (Å²) >= 11 is 0. The number of hydrogen-bond acceptors (Lipinski definition) is 4. The van der Waals surface area contributed by atoms with E-state index in [-0.39, 0.29) is 12.3 Å². The molecule has 6 heteroatoms.